The number of hydrogen-bond donors (Lipinski definition) is 2. The summed E-state index contributed by atoms with van der Waals surface area (Å²) in [6.45, 7) is 5.14. The molecule has 0 atom stereocenters. The summed E-state index contributed by atoms with van der Waals surface area (Å²) in [5.74, 6) is 2.70. The summed E-state index contributed by atoms with van der Waals surface area (Å²) < 4.78 is 5.27. The summed E-state index contributed by atoms with van der Waals surface area (Å²) in [6, 6.07) is 18.2. The van der Waals surface area contributed by atoms with Crippen molar-refractivity contribution in [2.24, 2.45) is 0 Å². The number of rotatable bonds is 8. The van der Waals surface area contributed by atoms with Crippen LogP contribution in [0, 0.1) is 0 Å². The Kier molecular flexibility index (Phi) is 6.26. The van der Waals surface area contributed by atoms with Crippen molar-refractivity contribution in [3.8, 4) is 5.75 Å². The van der Waals surface area contributed by atoms with Gasteiger partial charge in [0.1, 0.15) is 11.6 Å². The molecule has 0 aliphatic rings. The van der Waals surface area contributed by atoms with Crippen molar-refractivity contribution in [3.63, 3.8) is 0 Å². The number of benzene rings is 2. The molecule has 0 bridgehead atoms. The first-order valence-electron chi connectivity index (χ1n) is 9.21. The Balaban J connectivity index is 1.62. The van der Waals surface area contributed by atoms with E-state index >= 15 is 0 Å². The van der Waals surface area contributed by atoms with Crippen LogP contribution in [0.3, 0.4) is 0 Å². The molecule has 0 spiro atoms. The van der Waals surface area contributed by atoms with Gasteiger partial charge in [-0.3, -0.25) is 0 Å². The van der Waals surface area contributed by atoms with Gasteiger partial charge >= 0.3 is 0 Å². The molecule has 0 saturated heterocycles. The highest BCUT2D eigenvalue weighted by atomic mass is 16.5. The van der Waals surface area contributed by atoms with Gasteiger partial charge in [-0.1, -0.05) is 44.2 Å². The van der Waals surface area contributed by atoms with Gasteiger partial charge in [-0.25, -0.2) is 4.98 Å². The molecule has 140 valence electrons. The van der Waals surface area contributed by atoms with Gasteiger partial charge in [0.2, 0.25) is 5.95 Å². The lowest BCUT2D eigenvalue weighted by Crippen LogP contribution is -2.08. The van der Waals surface area contributed by atoms with Gasteiger partial charge in [-0.15, -0.1) is 0 Å². The van der Waals surface area contributed by atoms with Crippen molar-refractivity contribution in [2.75, 3.05) is 24.3 Å². The van der Waals surface area contributed by atoms with E-state index in [1.54, 1.807) is 13.3 Å². The molecule has 2 N–H and O–H groups in total. The number of methoxy groups -OCH3 is 1. The quantitative estimate of drug-likeness (QED) is 0.590. The van der Waals surface area contributed by atoms with Gasteiger partial charge in [0.05, 0.1) is 7.11 Å². The number of hydrogen-bond acceptors (Lipinski definition) is 5. The maximum absolute atomic E-state index is 5.27. The van der Waals surface area contributed by atoms with E-state index in [1.807, 2.05) is 24.3 Å². The third-order valence-corrected chi connectivity index (χ3v) is 4.34. The maximum Gasteiger partial charge on any atom is 0.229 e. The minimum absolute atomic E-state index is 0.429. The fraction of sp³-hybridized carbons (Fsp3) is 0.273. The lowest BCUT2D eigenvalue weighted by Gasteiger charge is -2.14. The van der Waals surface area contributed by atoms with Crippen molar-refractivity contribution in [1.29, 1.82) is 0 Å². The van der Waals surface area contributed by atoms with Crippen LogP contribution in [0.4, 0.5) is 17.5 Å². The first-order valence-corrected chi connectivity index (χ1v) is 9.21. The summed E-state index contributed by atoms with van der Waals surface area (Å²) in [6.07, 6.45) is 2.65. The van der Waals surface area contributed by atoms with Crippen molar-refractivity contribution >= 4 is 17.5 Å². The standard InChI is InChI=1S/C22H26N4O/c1-16(2)19-9-4-5-10-20(19)25-22-24-14-12-21(26-22)23-13-11-17-7-6-8-18(15-17)27-3/h4-10,12,14-16H,11,13H2,1-3H3,(H2,23,24,25,26). The zero-order valence-electron chi connectivity index (χ0n) is 16.1. The molecule has 0 saturated carbocycles. The fourth-order valence-electron chi connectivity index (χ4n) is 2.92. The van der Waals surface area contributed by atoms with Crippen molar-refractivity contribution < 1.29 is 4.74 Å². The molecular formula is C22H26N4O. The Labute approximate surface area is 160 Å². The molecule has 0 amide bonds. The minimum Gasteiger partial charge on any atom is -0.497 e. The van der Waals surface area contributed by atoms with E-state index in [0.717, 1.165) is 30.2 Å². The number of nitrogens with zero attached hydrogens (tertiary/aromatic N) is 2. The van der Waals surface area contributed by atoms with Crippen molar-refractivity contribution in [1.82, 2.24) is 9.97 Å². The zero-order valence-corrected chi connectivity index (χ0v) is 16.1. The van der Waals surface area contributed by atoms with E-state index in [9.17, 15) is 0 Å². The molecular weight excluding hydrogens is 336 g/mol. The highest BCUT2D eigenvalue weighted by molar-refractivity contribution is 5.60. The molecule has 1 aromatic heterocycles. The van der Waals surface area contributed by atoms with E-state index in [1.165, 1.54) is 11.1 Å². The molecule has 5 heteroatoms. The molecule has 0 aliphatic carbocycles. The second kappa shape index (κ2) is 9.03. The highest BCUT2D eigenvalue weighted by Crippen LogP contribution is 2.25. The molecule has 3 aromatic rings. The van der Waals surface area contributed by atoms with Crippen molar-refractivity contribution in [3.05, 3.63) is 71.9 Å². The molecule has 5 nitrogen and oxygen atoms in total. The van der Waals surface area contributed by atoms with Crippen LogP contribution in [0.15, 0.2) is 60.8 Å². The van der Waals surface area contributed by atoms with Crippen molar-refractivity contribution in [2.45, 2.75) is 26.2 Å². The minimum atomic E-state index is 0.429. The van der Waals surface area contributed by atoms with Gasteiger partial charge in [-0.2, -0.15) is 4.98 Å². The third kappa shape index (κ3) is 5.20. The summed E-state index contributed by atoms with van der Waals surface area (Å²) in [7, 11) is 1.68. The van der Waals surface area contributed by atoms with Gasteiger partial charge < -0.3 is 15.4 Å². The van der Waals surface area contributed by atoms with Crippen LogP contribution in [0.5, 0.6) is 5.75 Å². The van der Waals surface area contributed by atoms with Gasteiger partial charge in [0, 0.05) is 18.4 Å². The SMILES string of the molecule is COc1cccc(CCNc2ccnc(Nc3ccccc3C(C)C)n2)c1. The zero-order chi connectivity index (χ0) is 19.1. The normalized spacial score (nSPS) is 10.7. The summed E-state index contributed by atoms with van der Waals surface area (Å²) in [5.41, 5.74) is 3.51. The van der Waals surface area contributed by atoms with E-state index in [2.05, 4.69) is 64.8 Å². The van der Waals surface area contributed by atoms with Crippen LogP contribution < -0.4 is 15.4 Å². The molecule has 0 unspecified atom stereocenters. The predicted octanol–water partition coefficient (Wildman–Crippen LogP) is 5.01. The lowest BCUT2D eigenvalue weighted by atomic mass is 10.0. The Bertz CT molecular complexity index is 879. The average Bonchev–Trinajstić information content (AvgIpc) is 2.69. The molecule has 2 aromatic carbocycles. The first-order chi connectivity index (χ1) is 13.2. The molecule has 0 aliphatic heterocycles. The van der Waals surface area contributed by atoms with E-state index in [0.29, 0.717) is 11.9 Å². The van der Waals surface area contributed by atoms with Gasteiger partial charge in [-0.05, 0) is 47.7 Å². The Morgan fingerprint density at radius 3 is 2.70 bits per heavy atom. The fourth-order valence-corrected chi connectivity index (χ4v) is 2.92. The van der Waals surface area contributed by atoms with Gasteiger partial charge in [0.15, 0.2) is 0 Å². The monoisotopic (exact) mass is 362 g/mol. The number of aromatic nitrogens is 2. The Morgan fingerprint density at radius 1 is 1.04 bits per heavy atom. The largest absolute Gasteiger partial charge is 0.497 e. The predicted molar refractivity (Wildman–Crippen MR) is 111 cm³/mol. The second-order valence-corrected chi connectivity index (χ2v) is 6.66. The van der Waals surface area contributed by atoms with Crippen LogP contribution >= 0.6 is 0 Å². The molecule has 27 heavy (non-hydrogen) atoms. The molecule has 1 heterocycles. The van der Waals surface area contributed by atoms with Crippen LogP contribution in [0.25, 0.3) is 0 Å². The molecule has 0 radical (unpaired) electrons. The smallest absolute Gasteiger partial charge is 0.229 e. The number of para-hydroxylation sites is 1. The number of ether oxygens (including phenoxy) is 1. The van der Waals surface area contributed by atoms with Crippen LogP contribution in [0.2, 0.25) is 0 Å². The summed E-state index contributed by atoms with van der Waals surface area (Å²) in [4.78, 5) is 8.92. The van der Waals surface area contributed by atoms with Crippen LogP contribution in [0.1, 0.15) is 30.9 Å². The Hall–Kier alpha value is -3.08. The topological polar surface area (TPSA) is 59.1 Å². The maximum atomic E-state index is 5.27. The van der Waals surface area contributed by atoms with Gasteiger partial charge in [0.25, 0.3) is 0 Å². The Morgan fingerprint density at radius 2 is 1.89 bits per heavy atom. The first kappa shape index (κ1) is 18.7. The molecule has 3 rings (SSSR count). The molecule has 0 fully saturated rings. The average molecular weight is 362 g/mol. The van der Waals surface area contributed by atoms with E-state index in [-0.39, 0.29) is 0 Å². The van der Waals surface area contributed by atoms with E-state index < -0.39 is 0 Å². The third-order valence-electron chi connectivity index (χ3n) is 4.34. The van der Waals surface area contributed by atoms with Crippen LogP contribution in [-0.2, 0) is 6.42 Å². The van der Waals surface area contributed by atoms with Crippen LogP contribution in [-0.4, -0.2) is 23.6 Å². The number of anilines is 3. The van der Waals surface area contributed by atoms with E-state index in [4.69, 9.17) is 4.74 Å². The summed E-state index contributed by atoms with van der Waals surface area (Å²) in [5, 5.41) is 6.70. The highest BCUT2D eigenvalue weighted by Gasteiger charge is 2.07. The number of nitrogens with one attached hydrogen (secondary N) is 2. The second-order valence-electron chi connectivity index (χ2n) is 6.66. The lowest BCUT2D eigenvalue weighted by molar-refractivity contribution is 0.414. The summed E-state index contributed by atoms with van der Waals surface area (Å²) >= 11 is 0.